The summed E-state index contributed by atoms with van der Waals surface area (Å²) in [6.07, 6.45) is 0.915. The molecule has 0 bridgehead atoms. The third kappa shape index (κ3) is 6.15. The molecule has 192 valence electrons. The van der Waals surface area contributed by atoms with Crippen molar-refractivity contribution in [3.05, 3.63) is 107 Å². The molecular weight excluding hydrogens is 477 g/mol. The Balaban J connectivity index is 1.46. The predicted molar refractivity (Wildman–Crippen MR) is 139 cm³/mol. The largest absolute Gasteiger partial charge is 0.491 e. The van der Waals surface area contributed by atoms with Crippen LogP contribution in [0.5, 0.6) is 11.5 Å². The highest BCUT2D eigenvalue weighted by molar-refractivity contribution is 5.72. The van der Waals surface area contributed by atoms with Gasteiger partial charge in [0.2, 0.25) is 0 Å². The average Bonchev–Trinajstić information content (AvgIpc) is 2.91. The predicted octanol–water partition coefficient (Wildman–Crippen LogP) is 8.25. The van der Waals surface area contributed by atoms with E-state index in [4.69, 9.17) is 9.47 Å². The topological polar surface area (TPSA) is 38.7 Å². The molecule has 0 aliphatic carbocycles. The first-order chi connectivity index (χ1) is 17.9. The standard InChI is InChI=1S/C31H29F3O3/c1-3-5-28(35)23-9-7-21(8-10-23)25-15-16-26(31(34)30(25)33)22-11-13-24(14-12-22)37-19-20-6-17-29(36-4-2)27(32)18-20/h6-18,28,35H,3-5,19H2,1-2H3. The van der Waals surface area contributed by atoms with Crippen molar-refractivity contribution in [2.45, 2.75) is 39.4 Å². The Kier molecular flexibility index (Phi) is 8.51. The first kappa shape index (κ1) is 26.3. The third-order valence-electron chi connectivity index (χ3n) is 6.12. The average molecular weight is 507 g/mol. The summed E-state index contributed by atoms with van der Waals surface area (Å²) in [5.41, 5.74) is 2.71. The summed E-state index contributed by atoms with van der Waals surface area (Å²) >= 11 is 0. The maximum atomic E-state index is 15.0. The molecule has 6 heteroatoms. The molecule has 4 rings (SSSR count). The molecule has 4 aromatic carbocycles. The highest BCUT2D eigenvalue weighted by atomic mass is 19.2. The summed E-state index contributed by atoms with van der Waals surface area (Å²) in [7, 11) is 0. The number of halogens is 3. The first-order valence-corrected chi connectivity index (χ1v) is 12.3. The van der Waals surface area contributed by atoms with Gasteiger partial charge in [0.15, 0.2) is 23.2 Å². The molecular formula is C31H29F3O3. The van der Waals surface area contributed by atoms with Crippen LogP contribution in [0.15, 0.2) is 78.9 Å². The van der Waals surface area contributed by atoms with Crippen LogP contribution in [0.3, 0.4) is 0 Å². The minimum atomic E-state index is -0.939. The van der Waals surface area contributed by atoms with Crippen LogP contribution in [0.25, 0.3) is 22.3 Å². The van der Waals surface area contributed by atoms with Crippen molar-refractivity contribution in [3.63, 3.8) is 0 Å². The number of ether oxygens (including phenoxy) is 2. The molecule has 0 aliphatic heterocycles. The smallest absolute Gasteiger partial charge is 0.167 e. The van der Waals surface area contributed by atoms with E-state index < -0.39 is 23.6 Å². The Morgan fingerprint density at radius 1 is 0.730 bits per heavy atom. The quantitative estimate of drug-likeness (QED) is 0.235. The van der Waals surface area contributed by atoms with E-state index in [1.165, 1.54) is 6.07 Å². The maximum Gasteiger partial charge on any atom is 0.167 e. The summed E-state index contributed by atoms with van der Waals surface area (Å²) in [4.78, 5) is 0. The molecule has 0 saturated carbocycles. The molecule has 0 saturated heterocycles. The van der Waals surface area contributed by atoms with Gasteiger partial charge in [0, 0.05) is 11.1 Å². The molecule has 0 amide bonds. The van der Waals surface area contributed by atoms with Crippen LogP contribution >= 0.6 is 0 Å². The van der Waals surface area contributed by atoms with Crippen LogP contribution in [0.4, 0.5) is 13.2 Å². The van der Waals surface area contributed by atoms with E-state index in [-0.39, 0.29) is 23.5 Å². The van der Waals surface area contributed by atoms with Crippen LogP contribution in [-0.4, -0.2) is 11.7 Å². The Labute approximate surface area is 215 Å². The van der Waals surface area contributed by atoms with Crippen LogP contribution in [0, 0.1) is 17.5 Å². The Hall–Kier alpha value is -3.77. The normalized spacial score (nSPS) is 11.8. The van der Waals surface area contributed by atoms with Crippen molar-refractivity contribution < 1.29 is 27.8 Å². The monoisotopic (exact) mass is 506 g/mol. The molecule has 0 aromatic heterocycles. The summed E-state index contributed by atoms with van der Waals surface area (Å²) in [5, 5.41) is 10.1. The van der Waals surface area contributed by atoms with Gasteiger partial charge in [-0.1, -0.05) is 67.9 Å². The molecule has 0 spiro atoms. The maximum absolute atomic E-state index is 15.0. The molecule has 4 aromatic rings. The molecule has 0 fully saturated rings. The molecule has 0 heterocycles. The number of aliphatic hydroxyl groups is 1. The van der Waals surface area contributed by atoms with E-state index in [1.807, 2.05) is 6.92 Å². The van der Waals surface area contributed by atoms with E-state index in [0.717, 1.165) is 12.0 Å². The van der Waals surface area contributed by atoms with Gasteiger partial charge >= 0.3 is 0 Å². The van der Waals surface area contributed by atoms with Gasteiger partial charge in [0.05, 0.1) is 12.7 Å². The van der Waals surface area contributed by atoms with Crippen molar-refractivity contribution in [2.75, 3.05) is 6.61 Å². The van der Waals surface area contributed by atoms with E-state index >= 15 is 8.78 Å². The molecule has 1 unspecified atom stereocenters. The first-order valence-electron chi connectivity index (χ1n) is 12.3. The molecule has 1 atom stereocenters. The zero-order chi connectivity index (χ0) is 26.4. The summed E-state index contributed by atoms with van der Waals surface area (Å²) in [6, 6.07) is 21.2. The third-order valence-corrected chi connectivity index (χ3v) is 6.12. The van der Waals surface area contributed by atoms with Crippen LogP contribution < -0.4 is 9.47 Å². The number of benzene rings is 4. The van der Waals surface area contributed by atoms with Crippen molar-refractivity contribution in [3.8, 4) is 33.8 Å². The van der Waals surface area contributed by atoms with E-state index in [9.17, 15) is 9.50 Å². The number of rotatable bonds is 10. The summed E-state index contributed by atoms with van der Waals surface area (Å²) < 4.78 is 55.0. The van der Waals surface area contributed by atoms with Gasteiger partial charge < -0.3 is 14.6 Å². The Bertz CT molecular complexity index is 1340. The van der Waals surface area contributed by atoms with E-state index in [1.54, 1.807) is 79.7 Å². The Morgan fingerprint density at radius 2 is 1.32 bits per heavy atom. The SMILES string of the molecule is CCCC(O)c1ccc(-c2ccc(-c3ccc(OCc4ccc(OCC)c(F)c4)cc3)c(F)c2F)cc1. The highest BCUT2D eigenvalue weighted by Gasteiger charge is 2.17. The second-order valence-corrected chi connectivity index (χ2v) is 8.73. The molecule has 1 N–H and O–H groups in total. The fraction of sp³-hybridized carbons (Fsp3) is 0.226. The number of aliphatic hydroxyl groups excluding tert-OH is 1. The van der Waals surface area contributed by atoms with Crippen molar-refractivity contribution in [1.82, 2.24) is 0 Å². The van der Waals surface area contributed by atoms with Crippen LogP contribution in [0.1, 0.15) is 43.9 Å². The van der Waals surface area contributed by atoms with E-state index in [2.05, 4.69) is 0 Å². The van der Waals surface area contributed by atoms with Crippen molar-refractivity contribution >= 4 is 0 Å². The molecule has 0 radical (unpaired) electrons. The number of hydrogen-bond acceptors (Lipinski definition) is 3. The van der Waals surface area contributed by atoms with Gasteiger partial charge in [0.25, 0.3) is 0 Å². The second-order valence-electron chi connectivity index (χ2n) is 8.73. The summed E-state index contributed by atoms with van der Waals surface area (Å²) in [5.74, 6) is -1.62. The van der Waals surface area contributed by atoms with E-state index in [0.29, 0.717) is 35.5 Å². The van der Waals surface area contributed by atoms with Crippen LogP contribution in [0.2, 0.25) is 0 Å². The molecule has 0 aliphatic rings. The lowest BCUT2D eigenvalue weighted by atomic mass is 9.97. The lowest BCUT2D eigenvalue weighted by Gasteiger charge is -2.13. The zero-order valence-corrected chi connectivity index (χ0v) is 20.8. The fourth-order valence-electron chi connectivity index (χ4n) is 4.12. The van der Waals surface area contributed by atoms with Gasteiger partial charge in [-0.15, -0.1) is 0 Å². The molecule has 3 nitrogen and oxygen atoms in total. The second kappa shape index (κ2) is 12.0. The lowest BCUT2D eigenvalue weighted by Crippen LogP contribution is -1.99. The molecule has 37 heavy (non-hydrogen) atoms. The minimum absolute atomic E-state index is 0.136. The van der Waals surface area contributed by atoms with Crippen molar-refractivity contribution in [1.29, 1.82) is 0 Å². The summed E-state index contributed by atoms with van der Waals surface area (Å²) in [6.45, 7) is 4.30. The van der Waals surface area contributed by atoms with Gasteiger partial charge in [-0.2, -0.15) is 0 Å². The highest BCUT2D eigenvalue weighted by Crippen LogP contribution is 2.33. The van der Waals surface area contributed by atoms with Gasteiger partial charge in [-0.25, -0.2) is 13.2 Å². The fourth-order valence-corrected chi connectivity index (χ4v) is 4.12. The zero-order valence-electron chi connectivity index (χ0n) is 20.8. The number of hydrogen-bond donors (Lipinski definition) is 1. The van der Waals surface area contributed by atoms with Gasteiger partial charge in [-0.05, 0) is 59.9 Å². The minimum Gasteiger partial charge on any atom is -0.491 e. The van der Waals surface area contributed by atoms with Crippen molar-refractivity contribution in [2.24, 2.45) is 0 Å². The van der Waals surface area contributed by atoms with Gasteiger partial charge in [0.1, 0.15) is 12.4 Å². The lowest BCUT2D eigenvalue weighted by molar-refractivity contribution is 0.166. The van der Waals surface area contributed by atoms with Gasteiger partial charge in [-0.3, -0.25) is 0 Å². The van der Waals surface area contributed by atoms with Crippen LogP contribution in [-0.2, 0) is 6.61 Å². The Morgan fingerprint density at radius 3 is 1.86 bits per heavy atom.